The van der Waals surface area contributed by atoms with Crippen molar-refractivity contribution in [3.05, 3.63) is 70.0 Å². The van der Waals surface area contributed by atoms with E-state index in [9.17, 15) is 19.2 Å². The van der Waals surface area contributed by atoms with Gasteiger partial charge in [0, 0.05) is 6.42 Å². The Labute approximate surface area is 169 Å². The summed E-state index contributed by atoms with van der Waals surface area (Å²) >= 11 is 0. The van der Waals surface area contributed by atoms with Gasteiger partial charge in [-0.2, -0.15) is 4.68 Å². The van der Waals surface area contributed by atoms with Crippen LogP contribution in [0, 0.1) is 0 Å². The second kappa shape index (κ2) is 7.48. The molecule has 3 aromatic rings. The van der Waals surface area contributed by atoms with Gasteiger partial charge in [0.25, 0.3) is 11.5 Å². The molecule has 2 unspecified atom stereocenters. The average Bonchev–Trinajstić information content (AvgIpc) is 2.75. The maximum absolute atomic E-state index is 13.1. The van der Waals surface area contributed by atoms with E-state index in [0.29, 0.717) is 16.5 Å². The van der Waals surface area contributed by atoms with Crippen molar-refractivity contribution >= 4 is 28.7 Å². The van der Waals surface area contributed by atoms with E-state index in [2.05, 4.69) is 10.3 Å². The van der Waals surface area contributed by atoms with Gasteiger partial charge in [0.1, 0.15) is 11.6 Å². The van der Waals surface area contributed by atoms with Gasteiger partial charge in [0.2, 0.25) is 5.91 Å². The Balaban J connectivity index is 1.70. The van der Waals surface area contributed by atoms with Crippen LogP contribution in [0.3, 0.4) is 0 Å². The number of carbonyl (C=O) groups is 3. The summed E-state index contributed by atoms with van der Waals surface area (Å²) in [5.74, 6) is -2.37. The van der Waals surface area contributed by atoms with Crippen molar-refractivity contribution in [2.45, 2.75) is 25.0 Å². The highest BCUT2D eigenvalue weighted by molar-refractivity contribution is 6.02. The first kappa shape index (κ1) is 19.4. The number of aromatic nitrogens is 3. The molecule has 30 heavy (non-hydrogen) atoms. The fourth-order valence-corrected chi connectivity index (χ4v) is 3.48. The summed E-state index contributed by atoms with van der Waals surface area (Å²) in [6, 6.07) is 10.4. The zero-order valence-corrected chi connectivity index (χ0v) is 15.6. The topological polar surface area (TPSA) is 148 Å². The highest BCUT2D eigenvalue weighted by Gasteiger charge is 2.41. The van der Waals surface area contributed by atoms with E-state index in [-0.39, 0.29) is 18.5 Å². The van der Waals surface area contributed by atoms with Crippen molar-refractivity contribution in [3.8, 4) is 0 Å². The summed E-state index contributed by atoms with van der Waals surface area (Å²) in [4.78, 5) is 50.6. The summed E-state index contributed by atoms with van der Waals surface area (Å²) < 4.78 is 0.956. The van der Waals surface area contributed by atoms with E-state index in [4.69, 9.17) is 10.8 Å². The number of benzene rings is 2. The van der Waals surface area contributed by atoms with Crippen molar-refractivity contribution in [2.24, 2.45) is 5.73 Å². The summed E-state index contributed by atoms with van der Waals surface area (Å²) in [6.07, 6.45) is -0.0870. The first-order valence-corrected chi connectivity index (χ1v) is 9.14. The number of carboxylic acids is 1. The van der Waals surface area contributed by atoms with Gasteiger partial charge in [-0.1, -0.05) is 29.5 Å². The second-order valence-corrected chi connectivity index (χ2v) is 6.98. The molecule has 152 valence electrons. The number of likely N-dealkylation sites (tertiary alicyclic amines) is 1. The molecule has 1 saturated heterocycles. The van der Waals surface area contributed by atoms with Crippen LogP contribution in [0.4, 0.5) is 0 Å². The van der Waals surface area contributed by atoms with Gasteiger partial charge < -0.3 is 10.8 Å². The summed E-state index contributed by atoms with van der Waals surface area (Å²) in [7, 11) is 0. The maximum atomic E-state index is 13.1. The normalized spacial score (nSPS) is 19.3. The Morgan fingerprint density at radius 1 is 1.10 bits per heavy atom. The third kappa shape index (κ3) is 3.33. The molecule has 0 spiro atoms. The van der Waals surface area contributed by atoms with Gasteiger partial charge in [-0.25, -0.2) is 4.79 Å². The van der Waals surface area contributed by atoms with Gasteiger partial charge in [0.05, 0.1) is 23.5 Å². The number of imide groups is 1. The molecule has 1 aliphatic heterocycles. The molecule has 0 radical (unpaired) electrons. The predicted octanol–water partition coefficient (Wildman–Crippen LogP) is 0.317. The number of carboxylic acid groups (broad SMARTS) is 1. The molecule has 3 N–H and O–H groups in total. The minimum Gasteiger partial charge on any atom is -0.478 e. The molecule has 10 heteroatoms. The Kier molecular flexibility index (Phi) is 4.84. The number of hydrogen-bond acceptors (Lipinski definition) is 7. The van der Waals surface area contributed by atoms with Crippen molar-refractivity contribution in [2.75, 3.05) is 0 Å². The number of rotatable bonds is 4. The molecule has 2 aromatic carbocycles. The standard InChI is InChI=1S/C20H17N5O5/c21-14-9-16(25-17(26)13-6-1-2-7-15(13)22-23-25)19(28)24(18(14)27)10-11-4-3-5-12(8-11)20(29)30/h1-8,14,16H,9-10,21H2,(H,29,30). The van der Waals surface area contributed by atoms with Crippen LogP contribution in [0.2, 0.25) is 0 Å². The number of fused-ring (bicyclic) bond motifs is 1. The third-order valence-electron chi connectivity index (χ3n) is 5.01. The van der Waals surface area contributed by atoms with E-state index in [1.165, 1.54) is 18.2 Å². The van der Waals surface area contributed by atoms with E-state index >= 15 is 0 Å². The van der Waals surface area contributed by atoms with Gasteiger partial charge in [-0.15, -0.1) is 5.10 Å². The quantitative estimate of drug-likeness (QED) is 0.587. The number of nitrogens with two attached hydrogens (primary N) is 1. The molecule has 2 heterocycles. The summed E-state index contributed by atoms with van der Waals surface area (Å²) in [5.41, 5.74) is 6.31. The van der Waals surface area contributed by atoms with Crippen molar-refractivity contribution < 1.29 is 19.5 Å². The monoisotopic (exact) mass is 407 g/mol. The molecule has 10 nitrogen and oxygen atoms in total. The molecule has 0 saturated carbocycles. The predicted molar refractivity (Wildman–Crippen MR) is 104 cm³/mol. The zero-order valence-electron chi connectivity index (χ0n) is 15.6. The maximum Gasteiger partial charge on any atom is 0.335 e. The molecule has 1 fully saturated rings. The number of amides is 2. The molecule has 1 aromatic heterocycles. The first-order valence-electron chi connectivity index (χ1n) is 9.14. The van der Waals surface area contributed by atoms with Gasteiger partial charge in [-0.05, 0) is 29.8 Å². The van der Waals surface area contributed by atoms with Crippen LogP contribution >= 0.6 is 0 Å². The van der Waals surface area contributed by atoms with E-state index in [0.717, 1.165) is 9.58 Å². The number of aromatic carboxylic acids is 1. The Morgan fingerprint density at radius 2 is 1.87 bits per heavy atom. The Bertz CT molecular complexity index is 1240. The van der Waals surface area contributed by atoms with Gasteiger partial charge in [0.15, 0.2) is 0 Å². The van der Waals surface area contributed by atoms with Crippen LogP contribution in [0.1, 0.15) is 28.4 Å². The van der Waals surface area contributed by atoms with E-state index < -0.39 is 35.4 Å². The Hall–Kier alpha value is -3.92. The lowest BCUT2D eigenvalue weighted by Crippen LogP contribution is -2.56. The summed E-state index contributed by atoms with van der Waals surface area (Å²) in [6.45, 7) is -0.168. The van der Waals surface area contributed by atoms with Gasteiger partial charge in [-0.3, -0.25) is 19.3 Å². The van der Waals surface area contributed by atoms with E-state index in [1.54, 1.807) is 30.3 Å². The molecular formula is C20H17N5O5. The average molecular weight is 407 g/mol. The fraction of sp³-hybridized carbons (Fsp3) is 0.200. The molecule has 4 rings (SSSR count). The van der Waals surface area contributed by atoms with Gasteiger partial charge >= 0.3 is 5.97 Å². The van der Waals surface area contributed by atoms with Crippen molar-refractivity contribution in [1.29, 1.82) is 0 Å². The smallest absolute Gasteiger partial charge is 0.335 e. The van der Waals surface area contributed by atoms with E-state index in [1.807, 2.05) is 0 Å². The lowest BCUT2D eigenvalue weighted by atomic mass is 9.98. The molecule has 2 atom stereocenters. The molecule has 1 aliphatic rings. The highest BCUT2D eigenvalue weighted by Crippen LogP contribution is 2.24. The SMILES string of the molecule is NC1CC(n2nnc3ccccc3c2=O)C(=O)N(Cc2cccc(C(=O)O)c2)C1=O. The summed E-state index contributed by atoms with van der Waals surface area (Å²) in [5, 5.41) is 17.3. The molecular weight excluding hydrogens is 390 g/mol. The third-order valence-corrected chi connectivity index (χ3v) is 5.01. The first-order chi connectivity index (χ1) is 14.4. The van der Waals surface area contributed by atoms with Crippen molar-refractivity contribution in [1.82, 2.24) is 19.9 Å². The van der Waals surface area contributed by atoms with Crippen LogP contribution in [0.5, 0.6) is 0 Å². The van der Waals surface area contributed by atoms with Crippen LogP contribution in [0.25, 0.3) is 10.9 Å². The number of piperidine rings is 1. The molecule has 2 amide bonds. The van der Waals surface area contributed by atoms with Crippen molar-refractivity contribution in [3.63, 3.8) is 0 Å². The Morgan fingerprint density at radius 3 is 2.63 bits per heavy atom. The largest absolute Gasteiger partial charge is 0.478 e. The minimum absolute atomic E-state index is 0.0295. The lowest BCUT2D eigenvalue weighted by Gasteiger charge is -2.34. The van der Waals surface area contributed by atoms with Crippen LogP contribution in [-0.4, -0.2) is 48.8 Å². The molecule has 0 bridgehead atoms. The lowest BCUT2D eigenvalue weighted by molar-refractivity contribution is -0.153. The number of carbonyl (C=O) groups excluding carboxylic acids is 2. The van der Waals surface area contributed by atoms with Crippen LogP contribution in [0.15, 0.2) is 53.3 Å². The number of nitrogens with zero attached hydrogens (tertiary/aromatic N) is 4. The fourth-order valence-electron chi connectivity index (χ4n) is 3.48. The zero-order chi connectivity index (χ0) is 21.4. The minimum atomic E-state index is -1.12. The second-order valence-electron chi connectivity index (χ2n) is 6.98. The number of hydrogen-bond donors (Lipinski definition) is 2. The molecule has 0 aliphatic carbocycles. The van der Waals surface area contributed by atoms with Crippen LogP contribution in [-0.2, 0) is 16.1 Å². The highest BCUT2D eigenvalue weighted by atomic mass is 16.4. The van der Waals surface area contributed by atoms with Crippen LogP contribution < -0.4 is 11.3 Å².